The van der Waals surface area contributed by atoms with Gasteiger partial charge in [-0.25, -0.2) is 0 Å². The van der Waals surface area contributed by atoms with E-state index < -0.39 is 17.6 Å². The van der Waals surface area contributed by atoms with Gasteiger partial charge in [0.05, 0.1) is 0 Å². The highest BCUT2D eigenvalue weighted by Gasteiger charge is 2.65. The minimum atomic E-state index is -2.92. The van der Waals surface area contributed by atoms with E-state index in [9.17, 15) is 0 Å². The molecular formula is C14H36O6Si2. The number of rotatable bonds is 9. The molecule has 0 saturated carbocycles. The molecule has 0 aromatic carbocycles. The van der Waals surface area contributed by atoms with Gasteiger partial charge in [-0.3, -0.25) is 0 Å². The Balaban J connectivity index is 0. The third-order valence-corrected chi connectivity index (χ3v) is 11.5. The fourth-order valence-corrected chi connectivity index (χ4v) is 10.3. The van der Waals surface area contributed by atoms with E-state index in [-0.39, 0.29) is 11.1 Å². The Morgan fingerprint density at radius 1 is 0.500 bits per heavy atom. The molecule has 0 aliphatic rings. The van der Waals surface area contributed by atoms with Gasteiger partial charge in [-0.1, -0.05) is 34.6 Å². The van der Waals surface area contributed by atoms with Gasteiger partial charge in [-0.2, -0.15) is 0 Å². The zero-order chi connectivity index (χ0) is 18.0. The summed E-state index contributed by atoms with van der Waals surface area (Å²) < 4.78 is 33.4. The Bertz CT molecular complexity index is 229. The summed E-state index contributed by atoms with van der Waals surface area (Å²) in [7, 11) is 3.63. The highest BCUT2D eigenvalue weighted by atomic mass is 28.5. The van der Waals surface area contributed by atoms with E-state index in [2.05, 4.69) is 20.8 Å². The fraction of sp³-hybridized carbons (Fsp3) is 1.00. The van der Waals surface area contributed by atoms with E-state index in [4.69, 9.17) is 26.6 Å². The molecule has 136 valence electrons. The molecule has 0 saturated heterocycles. The lowest BCUT2D eigenvalue weighted by Crippen LogP contribution is -2.63. The molecule has 0 rings (SSSR count). The van der Waals surface area contributed by atoms with Crippen molar-refractivity contribution < 1.29 is 26.6 Å². The predicted molar refractivity (Wildman–Crippen MR) is 92.7 cm³/mol. The number of hydrogen-bond donors (Lipinski definition) is 0. The summed E-state index contributed by atoms with van der Waals surface area (Å²) in [6.45, 7) is 10.6. The maximum absolute atomic E-state index is 5.56. The zero-order valence-electron chi connectivity index (χ0n) is 16.2. The van der Waals surface area contributed by atoms with Crippen molar-refractivity contribution in [1.82, 2.24) is 0 Å². The van der Waals surface area contributed by atoms with Crippen molar-refractivity contribution in [3.05, 3.63) is 0 Å². The molecule has 0 aliphatic heterocycles. The lowest BCUT2D eigenvalue weighted by atomic mass is 10.3. The highest BCUT2D eigenvalue weighted by molar-refractivity contribution is 6.82. The molecule has 0 radical (unpaired) electrons. The lowest BCUT2D eigenvalue weighted by molar-refractivity contribution is 0.0719. The van der Waals surface area contributed by atoms with Crippen LogP contribution >= 0.6 is 0 Å². The molecule has 0 N–H and O–H groups in total. The molecule has 0 fully saturated rings. The monoisotopic (exact) mass is 356 g/mol. The molecule has 6 nitrogen and oxygen atoms in total. The topological polar surface area (TPSA) is 55.4 Å². The summed E-state index contributed by atoms with van der Waals surface area (Å²) in [5.41, 5.74) is 0. The Morgan fingerprint density at radius 2 is 0.682 bits per heavy atom. The van der Waals surface area contributed by atoms with Crippen molar-refractivity contribution >= 4 is 17.6 Å². The second-order valence-corrected chi connectivity index (χ2v) is 12.6. The van der Waals surface area contributed by atoms with Crippen LogP contribution in [0.4, 0.5) is 0 Å². The van der Waals surface area contributed by atoms with Crippen LogP contribution in [0.5, 0.6) is 0 Å². The lowest BCUT2D eigenvalue weighted by Gasteiger charge is -2.41. The van der Waals surface area contributed by atoms with Crippen LogP contribution in [0.3, 0.4) is 0 Å². The summed E-state index contributed by atoms with van der Waals surface area (Å²) in [5.74, 6) is 1.00. The molecule has 0 spiro atoms. The largest absolute Gasteiger partial charge is 0.508 e. The van der Waals surface area contributed by atoms with Gasteiger partial charge < -0.3 is 26.6 Å². The molecule has 22 heavy (non-hydrogen) atoms. The highest BCUT2D eigenvalue weighted by Crippen LogP contribution is 2.40. The molecule has 0 bridgehead atoms. The van der Waals surface area contributed by atoms with Gasteiger partial charge in [-0.05, 0) is 11.8 Å². The van der Waals surface area contributed by atoms with Crippen LogP contribution in [0.1, 0.15) is 34.6 Å². The molecule has 0 amide bonds. The van der Waals surface area contributed by atoms with Gasteiger partial charge in [0.25, 0.3) is 0 Å². The van der Waals surface area contributed by atoms with Crippen LogP contribution in [0.2, 0.25) is 5.16 Å². The van der Waals surface area contributed by atoms with E-state index in [1.807, 2.05) is 13.8 Å². The van der Waals surface area contributed by atoms with Crippen molar-refractivity contribution in [2.75, 3.05) is 42.7 Å². The van der Waals surface area contributed by atoms with E-state index >= 15 is 0 Å². The van der Waals surface area contributed by atoms with Crippen LogP contribution in [0, 0.1) is 11.8 Å². The standard InChI is InChI=1S/C10H26O6Si2.C4H10/c1-9(2)10(17(11-3,12-4)13-5)18(14-6,15-7)16-8;1-4(2)3/h9-10H,1-8H3;4H,1-3H3. The van der Waals surface area contributed by atoms with Crippen LogP contribution in [-0.2, 0) is 26.6 Å². The third-order valence-electron chi connectivity index (χ3n) is 3.14. The second-order valence-electron chi connectivity index (χ2n) is 5.89. The zero-order valence-corrected chi connectivity index (χ0v) is 18.2. The fourth-order valence-electron chi connectivity index (χ4n) is 2.29. The van der Waals surface area contributed by atoms with Crippen LogP contribution in [0.15, 0.2) is 0 Å². The summed E-state index contributed by atoms with van der Waals surface area (Å²) in [6.07, 6.45) is 0. The van der Waals surface area contributed by atoms with Crippen molar-refractivity contribution in [3.8, 4) is 0 Å². The van der Waals surface area contributed by atoms with Crippen molar-refractivity contribution in [2.45, 2.75) is 39.8 Å². The molecular weight excluding hydrogens is 320 g/mol. The molecule has 0 aromatic heterocycles. The van der Waals surface area contributed by atoms with Crippen molar-refractivity contribution in [2.24, 2.45) is 11.8 Å². The average Bonchev–Trinajstić information content (AvgIpc) is 2.48. The molecule has 0 aromatic rings. The van der Waals surface area contributed by atoms with Gasteiger partial charge in [-0.15, -0.1) is 0 Å². The first-order valence-electron chi connectivity index (χ1n) is 7.47. The van der Waals surface area contributed by atoms with Crippen molar-refractivity contribution in [3.63, 3.8) is 0 Å². The average molecular weight is 357 g/mol. The Kier molecular flexibility index (Phi) is 13.0. The van der Waals surface area contributed by atoms with E-state index in [0.717, 1.165) is 5.92 Å². The molecule has 0 aliphatic carbocycles. The first-order valence-corrected chi connectivity index (χ1v) is 11.1. The smallest absolute Gasteiger partial charge is 0.377 e. The van der Waals surface area contributed by atoms with Gasteiger partial charge in [0.15, 0.2) is 0 Å². The van der Waals surface area contributed by atoms with Crippen LogP contribution < -0.4 is 0 Å². The number of hydrogen-bond acceptors (Lipinski definition) is 6. The van der Waals surface area contributed by atoms with Gasteiger partial charge >= 0.3 is 17.6 Å². The van der Waals surface area contributed by atoms with Gasteiger partial charge in [0.1, 0.15) is 5.16 Å². The normalized spacial score (nSPS) is 12.8. The van der Waals surface area contributed by atoms with E-state index in [1.54, 1.807) is 42.7 Å². The van der Waals surface area contributed by atoms with Gasteiger partial charge in [0.2, 0.25) is 0 Å². The van der Waals surface area contributed by atoms with Crippen molar-refractivity contribution in [1.29, 1.82) is 0 Å². The molecule has 0 unspecified atom stereocenters. The third kappa shape index (κ3) is 6.36. The van der Waals surface area contributed by atoms with E-state index in [1.165, 1.54) is 0 Å². The minimum absolute atomic E-state index is 0.169. The Morgan fingerprint density at radius 3 is 0.773 bits per heavy atom. The summed E-state index contributed by atoms with van der Waals surface area (Å²) in [5, 5.41) is -0.190. The Labute approximate surface area is 139 Å². The van der Waals surface area contributed by atoms with Crippen LogP contribution in [0.25, 0.3) is 0 Å². The summed E-state index contributed by atoms with van der Waals surface area (Å²) >= 11 is 0. The van der Waals surface area contributed by atoms with Crippen LogP contribution in [-0.4, -0.2) is 60.3 Å². The molecule has 0 heterocycles. The van der Waals surface area contributed by atoms with Gasteiger partial charge in [0, 0.05) is 42.7 Å². The quantitative estimate of drug-likeness (QED) is 0.592. The maximum Gasteiger partial charge on any atom is 0.508 e. The summed E-state index contributed by atoms with van der Waals surface area (Å²) in [6, 6.07) is 0. The molecule has 0 atom stereocenters. The Hall–Kier alpha value is 0.194. The first kappa shape index (κ1) is 24.4. The predicted octanol–water partition coefficient (Wildman–Crippen LogP) is 2.97. The molecule has 8 heteroatoms. The second kappa shape index (κ2) is 11.7. The minimum Gasteiger partial charge on any atom is -0.377 e. The first-order chi connectivity index (χ1) is 10.2. The maximum atomic E-state index is 5.56. The summed E-state index contributed by atoms with van der Waals surface area (Å²) in [4.78, 5) is 0. The van der Waals surface area contributed by atoms with E-state index in [0.29, 0.717) is 0 Å². The SMILES string of the molecule is CC(C)C.CO[Si](OC)(OC)C(C(C)C)[Si](OC)(OC)OC.